The fourth-order valence-electron chi connectivity index (χ4n) is 3.26. The third-order valence-electron chi connectivity index (χ3n) is 4.64. The summed E-state index contributed by atoms with van der Waals surface area (Å²) in [7, 11) is 0. The third-order valence-corrected chi connectivity index (χ3v) is 5.57. The summed E-state index contributed by atoms with van der Waals surface area (Å²) in [6, 6.07) is 7.61. The molecule has 0 bridgehead atoms. The fraction of sp³-hybridized carbons (Fsp3) is 0.200. The molecular formula is C20H16F2N4OS. The van der Waals surface area contributed by atoms with E-state index in [1.807, 2.05) is 0 Å². The van der Waals surface area contributed by atoms with Gasteiger partial charge >= 0.3 is 0 Å². The lowest BCUT2D eigenvalue weighted by atomic mass is 10.1. The number of anilines is 2. The highest BCUT2D eigenvalue weighted by atomic mass is 32.1. The average molecular weight is 398 g/mol. The Balaban J connectivity index is 1.61. The zero-order chi connectivity index (χ0) is 19.8. The van der Waals surface area contributed by atoms with Crippen LogP contribution in [0.2, 0.25) is 0 Å². The second kappa shape index (κ2) is 7.19. The Morgan fingerprint density at radius 2 is 2.11 bits per heavy atom. The lowest BCUT2D eigenvalue weighted by molar-refractivity contribution is 0.101. The summed E-state index contributed by atoms with van der Waals surface area (Å²) in [5, 5.41) is 2.68. The Morgan fingerprint density at radius 3 is 2.75 bits per heavy atom. The van der Waals surface area contributed by atoms with Crippen LogP contribution in [0.3, 0.4) is 0 Å². The number of nitrogens with two attached hydrogens (primary N) is 1. The number of para-hydroxylation sites is 1. The summed E-state index contributed by atoms with van der Waals surface area (Å²) < 4.78 is 29.8. The first kappa shape index (κ1) is 18.3. The first-order valence-corrected chi connectivity index (χ1v) is 9.45. The van der Waals surface area contributed by atoms with Gasteiger partial charge in [0, 0.05) is 24.8 Å². The van der Waals surface area contributed by atoms with Gasteiger partial charge in [-0.1, -0.05) is 23.3 Å². The highest BCUT2D eigenvalue weighted by Gasteiger charge is 2.25. The van der Waals surface area contributed by atoms with Crippen LogP contribution >= 0.6 is 11.3 Å². The number of hydrogen-bond donors (Lipinski definition) is 2. The molecule has 4 rings (SSSR count). The lowest BCUT2D eigenvalue weighted by Gasteiger charge is -2.19. The molecule has 1 atom stereocenters. The van der Waals surface area contributed by atoms with Gasteiger partial charge in [0.05, 0.1) is 15.8 Å². The van der Waals surface area contributed by atoms with Crippen molar-refractivity contribution >= 4 is 38.3 Å². The highest BCUT2D eigenvalue weighted by Crippen LogP contribution is 2.30. The number of nitrogens with zero attached hydrogens (tertiary/aromatic N) is 2. The summed E-state index contributed by atoms with van der Waals surface area (Å²) in [5.74, 6) is -0.246. The molecule has 28 heavy (non-hydrogen) atoms. The zero-order valence-electron chi connectivity index (χ0n) is 14.7. The molecule has 8 heteroatoms. The molecule has 2 aromatic carbocycles. The standard InChI is InChI=1S/C20H16F2N4OS/c1-2-11-4-3-5-16-18(11)24-20(28-16)25-19(27)17-14(21)8-13(9-15(17)22)26-7-6-12(23)10-26/h1,3-5,8-9,12H,6-7,10,23H2,(H,24,25,27)/t12-/m0/s1. The van der Waals surface area contributed by atoms with E-state index in [1.165, 1.54) is 11.3 Å². The number of benzene rings is 2. The van der Waals surface area contributed by atoms with Gasteiger partial charge in [0.25, 0.3) is 5.91 Å². The molecule has 142 valence electrons. The van der Waals surface area contributed by atoms with Crippen molar-refractivity contribution in [3.05, 3.63) is 53.1 Å². The van der Waals surface area contributed by atoms with Crippen LogP contribution in [0.25, 0.3) is 10.2 Å². The van der Waals surface area contributed by atoms with Crippen LogP contribution in [0.4, 0.5) is 19.6 Å². The van der Waals surface area contributed by atoms with Gasteiger partial charge in [-0.3, -0.25) is 10.1 Å². The van der Waals surface area contributed by atoms with E-state index in [0.29, 0.717) is 29.9 Å². The van der Waals surface area contributed by atoms with Gasteiger partial charge in [-0.15, -0.1) is 6.42 Å². The normalized spacial score (nSPS) is 16.4. The molecule has 0 spiro atoms. The van der Waals surface area contributed by atoms with Crippen molar-refractivity contribution in [2.75, 3.05) is 23.3 Å². The minimum Gasteiger partial charge on any atom is -0.370 e. The Hall–Kier alpha value is -3.02. The number of halogens is 2. The molecule has 1 aliphatic heterocycles. The average Bonchev–Trinajstić information content (AvgIpc) is 3.26. The number of fused-ring (bicyclic) bond motifs is 1. The molecule has 1 fully saturated rings. The van der Waals surface area contributed by atoms with Crippen LogP contribution in [0, 0.1) is 24.0 Å². The molecule has 3 aromatic rings. The van der Waals surface area contributed by atoms with Gasteiger partial charge < -0.3 is 10.6 Å². The first-order chi connectivity index (χ1) is 13.5. The summed E-state index contributed by atoms with van der Waals surface area (Å²) >= 11 is 1.18. The Labute approximate surface area is 164 Å². The van der Waals surface area contributed by atoms with E-state index in [-0.39, 0.29) is 11.2 Å². The van der Waals surface area contributed by atoms with Crippen LogP contribution < -0.4 is 16.0 Å². The van der Waals surface area contributed by atoms with Crippen molar-refractivity contribution in [2.45, 2.75) is 12.5 Å². The smallest absolute Gasteiger partial charge is 0.263 e. The molecule has 3 N–H and O–H groups in total. The van der Waals surface area contributed by atoms with Crippen LogP contribution in [0.5, 0.6) is 0 Å². The summed E-state index contributed by atoms with van der Waals surface area (Å²) in [6.07, 6.45) is 6.20. The van der Waals surface area contributed by atoms with Gasteiger partial charge in [0.1, 0.15) is 17.2 Å². The number of carbonyl (C=O) groups excluding carboxylic acids is 1. The SMILES string of the molecule is C#Cc1cccc2sc(NC(=O)c3c(F)cc(N4CC[C@H](N)C4)cc3F)nc12. The number of hydrogen-bond acceptors (Lipinski definition) is 5. The fourth-order valence-corrected chi connectivity index (χ4v) is 4.15. The molecule has 1 saturated heterocycles. The van der Waals surface area contributed by atoms with Gasteiger partial charge in [0.2, 0.25) is 0 Å². The van der Waals surface area contributed by atoms with E-state index in [0.717, 1.165) is 23.3 Å². The van der Waals surface area contributed by atoms with Crippen molar-refractivity contribution in [1.82, 2.24) is 4.98 Å². The first-order valence-electron chi connectivity index (χ1n) is 8.63. The van der Waals surface area contributed by atoms with Gasteiger partial charge in [-0.2, -0.15) is 0 Å². The van der Waals surface area contributed by atoms with E-state index in [4.69, 9.17) is 12.2 Å². The zero-order valence-corrected chi connectivity index (χ0v) is 15.5. The molecule has 5 nitrogen and oxygen atoms in total. The van der Waals surface area contributed by atoms with E-state index in [1.54, 1.807) is 23.1 Å². The number of thiazole rings is 1. The Kier molecular flexibility index (Phi) is 4.71. The Morgan fingerprint density at radius 1 is 1.36 bits per heavy atom. The number of nitrogens with one attached hydrogen (secondary N) is 1. The number of aromatic nitrogens is 1. The topological polar surface area (TPSA) is 71.2 Å². The molecule has 2 heterocycles. The number of terminal acetylenes is 1. The third kappa shape index (κ3) is 3.30. The van der Waals surface area contributed by atoms with Gasteiger partial charge in [-0.05, 0) is 30.7 Å². The molecule has 1 amide bonds. The molecule has 0 saturated carbocycles. The second-order valence-corrected chi connectivity index (χ2v) is 7.58. The van der Waals surface area contributed by atoms with Crippen molar-refractivity contribution in [2.24, 2.45) is 5.73 Å². The molecule has 1 aromatic heterocycles. The van der Waals surface area contributed by atoms with E-state index >= 15 is 0 Å². The second-order valence-electron chi connectivity index (χ2n) is 6.55. The monoisotopic (exact) mass is 398 g/mol. The molecule has 0 unspecified atom stereocenters. The predicted octanol–water partition coefficient (Wildman–Crippen LogP) is 3.35. The van der Waals surface area contributed by atoms with Gasteiger partial charge in [-0.25, -0.2) is 13.8 Å². The summed E-state index contributed by atoms with van der Waals surface area (Å²) in [5.41, 5.74) is 6.71. The quantitative estimate of drug-likeness (QED) is 0.664. The minimum absolute atomic E-state index is 0.0268. The molecule has 0 aliphatic carbocycles. The lowest BCUT2D eigenvalue weighted by Crippen LogP contribution is -2.26. The largest absolute Gasteiger partial charge is 0.370 e. The number of amides is 1. The van der Waals surface area contributed by atoms with Crippen LogP contribution in [0.15, 0.2) is 30.3 Å². The van der Waals surface area contributed by atoms with Crippen LogP contribution in [-0.4, -0.2) is 30.0 Å². The van der Waals surface area contributed by atoms with E-state index in [2.05, 4.69) is 16.2 Å². The minimum atomic E-state index is -0.932. The molecule has 0 radical (unpaired) electrons. The predicted molar refractivity (Wildman–Crippen MR) is 107 cm³/mol. The molecular weight excluding hydrogens is 382 g/mol. The van der Waals surface area contributed by atoms with Crippen molar-refractivity contribution in [3.8, 4) is 12.3 Å². The molecule has 1 aliphatic rings. The van der Waals surface area contributed by atoms with E-state index in [9.17, 15) is 13.6 Å². The van der Waals surface area contributed by atoms with Crippen LogP contribution in [0.1, 0.15) is 22.3 Å². The Bertz CT molecular complexity index is 1100. The van der Waals surface area contributed by atoms with Crippen molar-refractivity contribution < 1.29 is 13.6 Å². The summed E-state index contributed by atoms with van der Waals surface area (Å²) in [6.45, 7) is 1.14. The maximum Gasteiger partial charge on any atom is 0.263 e. The van der Waals surface area contributed by atoms with Crippen molar-refractivity contribution in [1.29, 1.82) is 0 Å². The van der Waals surface area contributed by atoms with Crippen molar-refractivity contribution in [3.63, 3.8) is 0 Å². The van der Waals surface area contributed by atoms with E-state index < -0.39 is 23.1 Å². The summed E-state index contributed by atoms with van der Waals surface area (Å²) in [4.78, 5) is 18.5. The van der Waals surface area contributed by atoms with Gasteiger partial charge in [0.15, 0.2) is 5.13 Å². The maximum absolute atomic E-state index is 14.5. The number of carbonyl (C=O) groups is 1. The number of rotatable bonds is 3. The maximum atomic E-state index is 14.5. The van der Waals surface area contributed by atoms with Crippen LogP contribution in [-0.2, 0) is 0 Å². The highest BCUT2D eigenvalue weighted by molar-refractivity contribution is 7.22.